The molecule has 0 unspecified atom stereocenters. The van der Waals surface area contributed by atoms with Crippen molar-refractivity contribution in [2.75, 3.05) is 13.7 Å². The van der Waals surface area contributed by atoms with Gasteiger partial charge in [-0.15, -0.1) is 0 Å². The highest BCUT2D eigenvalue weighted by Gasteiger charge is 2.38. The smallest absolute Gasteiger partial charge is 0.141 e. The van der Waals surface area contributed by atoms with Gasteiger partial charge in [0.2, 0.25) is 0 Å². The zero-order valence-corrected chi connectivity index (χ0v) is 10.9. The maximum Gasteiger partial charge on any atom is 0.141 e. The summed E-state index contributed by atoms with van der Waals surface area (Å²) in [7, 11) is 1.72. The van der Waals surface area contributed by atoms with Crippen molar-refractivity contribution in [1.82, 2.24) is 0 Å². The molecule has 94 valence electrons. The molecule has 0 saturated heterocycles. The standard InChI is InChI=1S/C14H26O2/c1-3-4-6-9-13(15)14(12-16-2)10-7-5-8-11-14/h3-12H2,1-2H3. The highest BCUT2D eigenvalue weighted by Crippen LogP contribution is 2.38. The first-order chi connectivity index (χ1) is 7.75. The fourth-order valence-electron chi connectivity index (χ4n) is 2.81. The second-order valence-electron chi connectivity index (χ2n) is 5.15. The molecule has 0 atom stereocenters. The molecule has 0 spiro atoms. The van der Waals surface area contributed by atoms with Gasteiger partial charge in [0.15, 0.2) is 0 Å². The van der Waals surface area contributed by atoms with Crippen LogP contribution in [0, 0.1) is 5.41 Å². The van der Waals surface area contributed by atoms with Crippen LogP contribution in [0.25, 0.3) is 0 Å². The maximum absolute atomic E-state index is 12.3. The predicted octanol–water partition coefficient (Wildman–Crippen LogP) is 3.73. The summed E-state index contributed by atoms with van der Waals surface area (Å²) in [5, 5.41) is 0. The topological polar surface area (TPSA) is 26.3 Å². The molecule has 1 aliphatic carbocycles. The first-order valence-corrected chi connectivity index (χ1v) is 6.77. The van der Waals surface area contributed by atoms with E-state index in [1.807, 2.05) is 0 Å². The quantitative estimate of drug-likeness (QED) is 0.618. The Kier molecular flexibility index (Phi) is 6.04. The van der Waals surface area contributed by atoms with Gasteiger partial charge in [-0.25, -0.2) is 0 Å². The van der Waals surface area contributed by atoms with Crippen molar-refractivity contribution < 1.29 is 9.53 Å². The third-order valence-corrected chi connectivity index (χ3v) is 3.83. The van der Waals surface area contributed by atoms with Gasteiger partial charge in [0.05, 0.1) is 12.0 Å². The van der Waals surface area contributed by atoms with Crippen LogP contribution in [-0.4, -0.2) is 19.5 Å². The summed E-state index contributed by atoms with van der Waals surface area (Å²) in [6.45, 7) is 2.81. The van der Waals surface area contributed by atoms with Gasteiger partial charge in [0.1, 0.15) is 5.78 Å². The minimum atomic E-state index is -0.124. The normalized spacial score (nSPS) is 19.6. The van der Waals surface area contributed by atoms with Gasteiger partial charge < -0.3 is 4.74 Å². The van der Waals surface area contributed by atoms with Crippen LogP contribution in [0.5, 0.6) is 0 Å². The zero-order chi connectivity index (χ0) is 11.9. The molecule has 0 aromatic rings. The van der Waals surface area contributed by atoms with E-state index in [0.717, 1.165) is 25.7 Å². The lowest BCUT2D eigenvalue weighted by molar-refractivity contribution is -0.134. The molecule has 1 rings (SSSR count). The molecule has 0 amide bonds. The second kappa shape index (κ2) is 7.05. The summed E-state index contributed by atoms with van der Waals surface area (Å²) >= 11 is 0. The summed E-state index contributed by atoms with van der Waals surface area (Å²) in [6.07, 6.45) is 9.95. The minimum absolute atomic E-state index is 0.124. The molecule has 0 aromatic heterocycles. The fraction of sp³-hybridized carbons (Fsp3) is 0.929. The van der Waals surface area contributed by atoms with Crippen molar-refractivity contribution in [3.63, 3.8) is 0 Å². The monoisotopic (exact) mass is 226 g/mol. The van der Waals surface area contributed by atoms with E-state index in [1.165, 1.54) is 32.1 Å². The maximum atomic E-state index is 12.3. The Hall–Kier alpha value is -0.370. The molecule has 16 heavy (non-hydrogen) atoms. The third kappa shape index (κ3) is 3.58. The molecule has 2 nitrogen and oxygen atoms in total. The van der Waals surface area contributed by atoms with Crippen LogP contribution < -0.4 is 0 Å². The van der Waals surface area contributed by atoms with E-state index in [0.29, 0.717) is 12.4 Å². The fourth-order valence-corrected chi connectivity index (χ4v) is 2.81. The average Bonchev–Trinajstić information content (AvgIpc) is 2.31. The minimum Gasteiger partial charge on any atom is -0.384 e. The number of unbranched alkanes of at least 4 members (excludes halogenated alkanes) is 2. The van der Waals surface area contributed by atoms with Crippen LogP contribution in [-0.2, 0) is 9.53 Å². The number of hydrogen-bond donors (Lipinski definition) is 0. The molecular formula is C14H26O2. The average molecular weight is 226 g/mol. The number of carbonyl (C=O) groups excluding carboxylic acids is 1. The Labute approximate surface area is 99.8 Å². The van der Waals surface area contributed by atoms with Crippen LogP contribution >= 0.6 is 0 Å². The Balaban J connectivity index is 2.50. The summed E-state index contributed by atoms with van der Waals surface area (Å²) in [6, 6.07) is 0. The van der Waals surface area contributed by atoms with E-state index in [2.05, 4.69) is 6.92 Å². The SMILES string of the molecule is CCCCCC(=O)C1(COC)CCCCC1. The molecule has 0 aliphatic heterocycles. The Morgan fingerprint density at radius 2 is 1.88 bits per heavy atom. The number of carbonyl (C=O) groups is 1. The van der Waals surface area contributed by atoms with Gasteiger partial charge in [-0.3, -0.25) is 4.79 Å². The number of ether oxygens (including phenoxy) is 1. The highest BCUT2D eigenvalue weighted by atomic mass is 16.5. The van der Waals surface area contributed by atoms with E-state index < -0.39 is 0 Å². The van der Waals surface area contributed by atoms with E-state index in [9.17, 15) is 4.79 Å². The lowest BCUT2D eigenvalue weighted by Crippen LogP contribution is -2.37. The summed E-state index contributed by atoms with van der Waals surface area (Å²) in [4.78, 5) is 12.3. The van der Waals surface area contributed by atoms with Crippen LogP contribution in [0.3, 0.4) is 0 Å². The third-order valence-electron chi connectivity index (χ3n) is 3.83. The molecule has 0 heterocycles. The summed E-state index contributed by atoms with van der Waals surface area (Å²) in [5.41, 5.74) is -0.124. The molecular weight excluding hydrogens is 200 g/mol. The second-order valence-corrected chi connectivity index (χ2v) is 5.15. The van der Waals surface area contributed by atoms with Crippen molar-refractivity contribution >= 4 is 5.78 Å². The van der Waals surface area contributed by atoms with Gasteiger partial charge in [-0.2, -0.15) is 0 Å². The van der Waals surface area contributed by atoms with Crippen molar-refractivity contribution in [3.8, 4) is 0 Å². The molecule has 0 N–H and O–H groups in total. The Morgan fingerprint density at radius 3 is 2.44 bits per heavy atom. The first-order valence-electron chi connectivity index (χ1n) is 6.77. The van der Waals surface area contributed by atoms with Crippen molar-refractivity contribution in [2.45, 2.75) is 64.7 Å². The predicted molar refractivity (Wildman–Crippen MR) is 66.5 cm³/mol. The molecule has 0 radical (unpaired) electrons. The lowest BCUT2D eigenvalue weighted by Gasteiger charge is -2.35. The van der Waals surface area contributed by atoms with Crippen molar-refractivity contribution in [1.29, 1.82) is 0 Å². The lowest BCUT2D eigenvalue weighted by atomic mass is 9.70. The van der Waals surface area contributed by atoms with E-state index >= 15 is 0 Å². The number of Topliss-reactive ketones (excluding diaryl/α,β-unsaturated/α-hetero) is 1. The largest absolute Gasteiger partial charge is 0.384 e. The number of methoxy groups -OCH3 is 1. The van der Waals surface area contributed by atoms with Crippen LogP contribution in [0.1, 0.15) is 64.7 Å². The van der Waals surface area contributed by atoms with Gasteiger partial charge in [-0.1, -0.05) is 39.0 Å². The van der Waals surface area contributed by atoms with Crippen molar-refractivity contribution in [2.24, 2.45) is 5.41 Å². The van der Waals surface area contributed by atoms with Gasteiger partial charge >= 0.3 is 0 Å². The van der Waals surface area contributed by atoms with Gasteiger partial charge in [-0.05, 0) is 19.3 Å². The highest BCUT2D eigenvalue weighted by molar-refractivity contribution is 5.85. The molecule has 1 fully saturated rings. The summed E-state index contributed by atoms with van der Waals surface area (Å²) < 4.78 is 5.29. The van der Waals surface area contributed by atoms with Crippen LogP contribution in [0.15, 0.2) is 0 Å². The zero-order valence-electron chi connectivity index (χ0n) is 10.9. The number of ketones is 1. The van der Waals surface area contributed by atoms with E-state index in [1.54, 1.807) is 7.11 Å². The molecule has 0 bridgehead atoms. The molecule has 1 aliphatic rings. The van der Waals surface area contributed by atoms with Crippen molar-refractivity contribution in [3.05, 3.63) is 0 Å². The van der Waals surface area contributed by atoms with E-state index in [-0.39, 0.29) is 5.41 Å². The summed E-state index contributed by atoms with van der Waals surface area (Å²) in [5.74, 6) is 0.461. The van der Waals surface area contributed by atoms with Crippen LogP contribution in [0.2, 0.25) is 0 Å². The molecule has 1 saturated carbocycles. The Bertz CT molecular complexity index is 199. The van der Waals surface area contributed by atoms with Crippen LogP contribution in [0.4, 0.5) is 0 Å². The number of hydrogen-bond acceptors (Lipinski definition) is 2. The molecule has 2 heteroatoms. The first kappa shape index (κ1) is 13.7. The molecule has 0 aromatic carbocycles. The van der Waals surface area contributed by atoms with E-state index in [4.69, 9.17) is 4.74 Å². The Morgan fingerprint density at radius 1 is 1.19 bits per heavy atom. The van der Waals surface area contributed by atoms with Gasteiger partial charge in [0, 0.05) is 13.5 Å². The number of rotatable bonds is 7. The van der Waals surface area contributed by atoms with Gasteiger partial charge in [0.25, 0.3) is 0 Å².